The van der Waals surface area contributed by atoms with Crippen LogP contribution in [-0.2, 0) is 9.47 Å². The van der Waals surface area contributed by atoms with Crippen LogP contribution < -0.4 is 25.8 Å². The van der Waals surface area contributed by atoms with Crippen molar-refractivity contribution in [2.75, 3.05) is 75.2 Å². The molecule has 7 heterocycles. The zero-order chi connectivity index (χ0) is 50.6. The van der Waals surface area contributed by atoms with Crippen molar-refractivity contribution in [1.29, 1.82) is 0 Å². The number of nitrogens with one attached hydrogen (secondary N) is 3. The van der Waals surface area contributed by atoms with Crippen molar-refractivity contribution in [2.45, 2.75) is 131 Å². The van der Waals surface area contributed by atoms with Crippen LogP contribution in [0.4, 0.5) is 32.6 Å². The Bertz CT molecular complexity index is 2000. The van der Waals surface area contributed by atoms with Crippen LogP contribution >= 0.6 is 15.9 Å². The highest BCUT2D eigenvalue weighted by atomic mass is 79.9. The Kier molecular flexibility index (Phi) is 23.2. The largest absolute Gasteiger partial charge is 0.444 e. The molecule has 4 atom stereocenters. The van der Waals surface area contributed by atoms with Gasteiger partial charge in [-0.15, -0.1) is 0 Å². The van der Waals surface area contributed by atoms with Crippen molar-refractivity contribution in [3.63, 3.8) is 0 Å². The number of halogens is 1. The molecule has 4 fully saturated rings. The number of nitrogens with zero attached hydrogens (tertiary/aromatic N) is 9. The number of rotatable bonds is 4. The average Bonchev–Trinajstić information content (AvgIpc) is 3.27. The normalized spacial score (nSPS) is 20.5. The third kappa shape index (κ3) is 21.4. The summed E-state index contributed by atoms with van der Waals surface area (Å²) in [5.74, 6) is -0.308. The van der Waals surface area contributed by atoms with Crippen molar-refractivity contribution < 1.29 is 28.9 Å². The van der Waals surface area contributed by atoms with Crippen LogP contribution in [0.15, 0.2) is 59.5 Å². The van der Waals surface area contributed by atoms with Crippen molar-refractivity contribution >= 4 is 51.1 Å². The van der Waals surface area contributed by atoms with Gasteiger partial charge in [0.2, 0.25) is 0 Å². The Morgan fingerprint density at radius 1 is 0.662 bits per heavy atom. The van der Waals surface area contributed by atoms with Crippen molar-refractivity contribution in [2.24, 2.45) is 0 Å². The minimum atomic E-state index is -0.535. The quantitative estimate of drug-likeness (QED) is 0.168. The summed E-state index contributed by atoms with van der Waals surface area (Å²) in [5, 5.41) is 30.7. The molecular formula is C47H75BrN12O8. The van der Waals surface area contributed by atoms with Gasteiger partial charge in [0, 0.05) is 101 Å². The summed E-state index contributed by atoms with van der Waals surface area (Å²) in [6.07, 6.45) is 8.52. The number of aromatic nitrogens is 3. The van der Waals surface area contributed by atoms with Crippen molar-refractivity contribution in [3.8, 4) is 0 Å². The van der Waals surface area contributed by atoms with Crippen LogP contribution in [0.2, 0.25) is 0 Å². The summed E-state index contributed by atoms with van der Waals surface area (Å²) in [7, 11) is 0. The molecule has 0 unspecified atom stereocenters. The summed E-state index contributed by atoms with van der Waals surface area (Å²) < 4.78 is 11.4. The van der Waals surface area contributed by atoms with Gasteiger partial charge < -0.3 is 65.3 Å². The molecule has 378 valence electrons. The molecule has 2 amide bonds. The number of hydrogen-bond acceptors (Lipinski definition) is 16. The lowest BCUT2D eigenvalue weighted by Gasteiger charge is -2.40. The van der Waals surface area contributed by atoms with Gasteiger partial charge in [-0.1, -0.05) is 6.42 Å². The molecule has 0 aliphatic carbocycles. The number of piperidine rings is 1. The monoisotopic (exact) mass is 1010 g/mol. The van der Waals surface area contributed by atoms with E-state index in [1.54, 1.807) is 21.9 Å². The molecule has 20 nitrogen and oxygen atoms in total. The lowest BCUT2D eigenvalue weighted by Crippen LogP contribution is -2.54. The first-order chi connectivity index (χ1) is 31.9. The molecule has 0 aromatic carbocycles. The zero-order valence-electron chi connectivity index (χ0n) is 41.9. The molecule has 21 heteroatoms. The highest BCUT2D eigenvalue weighted by Gasteiger charge is 2.31. The number of nitro groups is 2. The maximum atomic E-state index is 12.1. The summed E-state index contributed by atoms with van der Waals surface area (Å²) >= 11 is 3.11. The first-order valence-electron chi connectivity index (χ1n) is 23.4. The molecule has 68 heavy (non-hydrogen) atoms. The standard InChI is InChI=1S/C15H22N4O4.C11H17N3.C10H20N2O2.C6H13N.C5H3BrN2O2/c1-11-10-17(14(20)23-15(2,3)4)7-8-18(11)12-5-6-13(16-9-12)19(21)22;1-9-3-4-11(8-13-9)14-6-5-12-7-10(14)2;1-8-7-12(6-5-11-8)9(13)14-10(2,3)4;1-6-4-2-3-5-7-6;6-4-1-2-5(7-3-4)8(9)10/h5-6,9,11H,7-8,10H2,1-4H3;3-4,8,10,12H,5-7H2,1-2H3;8,11H,5-7H2,1-4H3;6-7H,2-5H2,1H3;1-3H/t11-;10-;8-;6-;/m0000./s1. The number of carbonyl (C=O) groups excluding carboxylic acids is 2. The number of hydrogen-bond donors (Lipinski definition) is 3. The topological polar surface area (TPSA) is 227 Å². The van der Waals surface area contributed by atoms with E-state index in [-0.39, 0.29) is 29.9 Å². The van der Waals surface area contributed by atoms with E-state index in [4.69, 9.17) is 9.47 Å². The Morgan fingerprint density at radius 3 is 1.63 bits per heavy atom. The van der Waals surface area contributed by atoms with E-state index in [1.165, 1.54) is 56.0 Å². The van der Waals surface area contributed by atoms with Gasteiger partial charge in [-0.3, -0.25) is 4.98 Å². The molecule has 4 aliphatic rings. The fraction of sp³-hybridized carbons (Fsp3) is 0.638. The highest BCUT2D eigenvalue weighted by Crippen LogP contribution is 2.23. The minimum Gasteiger partial charge on any atom is -0.444 e. The molecule has 0 spiro atoms. The van der Waals surface area contributed by atoms with E-state index in [2.05, 4.69) is 89.5 Å². The predicted octanol–water partition coefficient (Wildman–Crippen LogP) is 7.74. The summed E-state index contributed by atoms with van der Waals surface area (Å²) in [4.78, 5) is 63.0. The van der Waals surface area contributed by atoms with Crippen LogP contribution in [0.3, 0.4) is 0 Å². The highest BCUT2D eigenvalue weighted by molar-refractivity contribution is 9.10. The van der Waals surface area contributed by atoms with E-state index >= 15 is 0 Å². The van der Waals surface area contributed by atoms with Gasteiger partial charge >= 0.3 is 23.8 Å². The maximum absolute atomic E-state index is 12.1. The van der Waals surface area contributed by atoms with Crippen LogP contribution in [0, 0.1) is 27.2 Å². The van der Waals surface area contributed by atoms with Gasteiger partial charge in [0.25, 0.3) is 0 Å². The molecular weight excluding hydrogens is 940 g/mol. The number of pyridine rings is 3. The lowest BCUT2D eigenvalue weighted by atomic mass is 10.1. The molecule has 0 bridgehead atoms. The van der Waals surface area contributed by atoms with Gasteiger partial charge in [-0.25, -0.2) is 9.59 Å². The zero-order valence-corrected chi connectivity index (χ0v) is 43.5. The molecule has 3 N–H and O–H groups in total. The Balaban J connectivity index is 0.000000238. The first-order valence-corrected chi connectivity index (χ1v) is 24.2. The van der Waals surface area contributed by atoms with Crippen LogP contribution in [0.1, 0.15) is 94.2 Å². The van der Waals surface area contributed by atoms with Gasteiger partial charge in [0.05, 0.1) is 22.0 Å². The van der Waals surface area contributed by atoms with E-state index in [9.17, 15) is 29.8 Å². The molecule has 0 saturated carbocycles. The minimum absolute atomic E-state index is 0.0690. The van der Waals surface area contributed by atoms with E-state index in [1.807, 2.05) is 61.6 Å². The molecule has 3 aromatic heterocycles. The molecule has 4 aliphatic heterocycles. The molecule has 3 aromatic rings. The first kappa shape index (κ1) is 57.1. The second-order valence-electron chi connectivity index (χ2n) is 19.2. The second kappa shape index (κ2) is 27.7. The second-order valence-corrected chi connectivity index (χ2v) is 20.1. The summed E-state index contributed by atoms with van der Waals surface area (Å²) in [6, 6.07) is 12.0. The molecule has 7 rings (SSSR count). The van der Waals surface area contributed by atoms with Crippen LogP contribution in [0.25, 0.3) is 0 Å². The number of ether oxygens (including phenoxy) is 2. The van der Waals surface area contributed by atoms with E-state index < -0.39 is 21.0 Å². The Hall–Kier alpha value is -5.25. The number of anilines is 2. The lowest BCUT2D eigenvalue weighted by molar-refractivity contribution is -0.389. The van der Waals surface area contributed by atoms with E-state index in [0.717, 1.165) is 61.2 Å². The summed E-state index contributed by atoms with van der Waals surface area (Å²) in [5.41, 5.74) is 2.22. The van der Waals surface area contributed by atoms with Gasteiger partial charge in [0.1, 0.15) is 11.2 Å². The smallest absolute Gasteiger partial charge is 0.410 e. The van der Waals surface area contributed by atoms with E-state index in [0.29, 0.717) is 31.7 Å². The number of piperazine rings is 3. The SMILES string of the molecule is C[C@H]1CCCCN1.C[C@H]1CN(C(=O)OC(C)(C)C)CCN1.C[C@H]1CN(C(=O)OC(C)(C)C)CCN1c1ccc([N+](=O)[O-])nc1.Cc1ccc(N2CCNC[C@@H]2C)cn1.O=[N+]([O-])c1ccc(Br)cn1. The third-order valence-corrected chi connectivity index (χ3v) is 11.2. The number of aryl methyl sites for hydroxylation is 1. The Morgan fingerprint density at radius 2 is 1.21 bits per heavy atom. The fourth-order valence-corrected chi connectivity index (χ4v) is 7.51. The fourth-order valence-electron chi connectivity index (χ4n) is 7.27. The molecule has 4 saturated heterocycles. The third-order valence-electron chi connectivity index (χ3n) is 10.7. The van der Waals surface area contributed by atoms with Crippen LogP contribution in [-0.4, -0.2) is 148 Å². The van der Waals surface area contributed by atoms with Crippen LogP contribution in [0.5, 0.6) is 0 Å². The predicted molar refractivity (Wildman–Crippen MR) is 269 cm³/mol. The number of amides is 2. The van der Waals surface area contributed by atoms with Crippen molar-refractivity contribution in [3.05, 3.63) is 85.4 Å². The van der Waals surface area contributed by atoms with Gasteiger partial charge in [-0.05, 0) is 156 Å². The Labute approximate surface area is 410 Å². The van der Waals surface area contributed by atoms with Gasteiger partial charge in [0.15, 0.2) is 12.4 Å². The van der Waals surface area contributed by atoms with Crippen molar-refractivity contribution in [1.82, 2.24) is 40.7 Å². The maximum Gasteiger partial charge on any atom is 0.410 e. The summed E-state index contributed by atoms with van der Waals surface area (Å²) in [6.45, 7) is 30.2. The molecule has 0 radical (unpaired) electrons. The average molecular weight is 1020 g/mol. The number of carbonyl (C=O) groups is 2. The van der Waals surface area contributed by atoms with Gasteiger partial charge in [-0.2, -0.15) is 0 Å².